The predicted molar refractivity (Wildman–Crippen MR) is 71.6 cm³/mol. The Bertz CT molecular complexity index is 522. The molecule has 0 atom stereocenters. The van der Waals surface area contributed by atoms with Gasteiger partial charge in [-0.15, -0.1) is 5.10 Å². The predicted octanol–water partition coefficient (Wildman–Crippen LogP) is 3.64. The lowest BCUT2D eigenvalue weighted by Crippen LogP contribution is -2.26. The number of hydrogen-bond donors (Lipinski definition) is 0. The van der Waals surface area contributed by atoms with Crippen molar-refractivity contribution in [2.24, 2.45) is 11.3 Å². The van der Waals surface area contributed by atoms with Gasteiger partial charge in [-0.3, -0.25) is 0 Å². The number of rotatable bonds is 6. The van der Waals surface area contributed by atoms with Crippen molar-refractivity contribution in [3.63, 3.8) is 0 Å². The van der Waals surface area contributed by atoms with Crippen LogP contribution in [-0.4, -0.2) is 35.3 Å². The van der Waals surface area contributed by atoms with E-state index in [1.54, 1.807) is 0 Å². The zero-order chi connectivity index (χ0) is 16.4. The average Bonchev–Trinajstić information content (AvgIpc) is 3.07. The number of nitrogens with zero attached hydrogens (tertiary/aromatic N) is 2. The van der Waals surface area contributed by atoms with E-state index in [-0.39, 0.29) is 44.3 Å². The molecule has 2 rings (SSSR count). The number of aromatic nitrogens is 2. The molecule has 0 aromatic carbocycles. The van der Waals surface area contributed by atoms with E-state index < -0.39 is 17.7 Å². The first-order chi connectivity index (χ1) is 10.2. The summed E-state index contributed by atoms with van der Waals surface area (Å²) in [5.41, 5.74) is -1.59. The SMILES string of the molecule is CC(C)COC(=O)n1ccc(OCCC2(C(F)(F)F)CC2)n1. The van der Waals surface area contributed by atoms with Crippen molar-refractivity contribution in [1.29, 1.82) is 0 Å². The third-order valence-corrected chi connectivity index (χ3v) is 3.58. The van der Waals surface area contributed by atoms with Crippen molar-refractivity contribution < 1.29 is 27.4 Å². The lowest BCUT2D eigenvalue weighted by atomic mass is 10.0. The molecule has 1 aromatic heterocycles. The Morgan fingerprint density at radius 3 is 2.68 bits per heavy atom. The van der Waals surface area contributed by atoms with Crippen LogP contribution in [0.3, 0.4) is 0 Å². The Labute approximate surface area is 126 Å². The molecular formula is C14H19F3N2O3. The monoisotopic (exact) mass is 320 g/mol. The molecule has 124 valence electrons. The van der Waals surface area contributed by atoms with E-state index in [4.69, 9.17) is 9.47 Å². The van der Waals surface area contributed by atoms with Gasteiger partial charge in [0.25, 0.3) is 0 Å². The van der Waals surface area contributed by atoms with Gasteiger partial charge in [-0.25, -0.2) is 4.79 Å². The van der Waals surface area contributed by atoms with Gasteiger partial charge in [-0.05, 0) is 25.2 Å². The fourth-order valence-corrected chi connectivity index (χ4v) is 1.97. The molecule has 5 nitrogen and oxygen atoms in total. The molecule has 0 amide bonds. The van der Waals surface area contributed by atoms with Gasteiger partial charge in [0.05, 0.1) is 18.6 Å². The van der Waals surface area contributed by atoms with Gasteiger partial charge in [0.15, 0.2) is 0 Å². The van der Waals surface area contributed by atoms with Gasteiger partial charge in [0.1, 0.15) is 0 Å². The highest BCUT2D eigenvalue weighted by atomic mass is 19.4. The van der Waals surface area contributed by atoms with E-state index in [1.807, 2.05) is 13.8 Å². The number of alkyl halides is 3. The van der Waals surface area contributed by atoms with E-state index >= 15 is 0 Å². The summed E-state index contributed by atoms with van der Waals surface area (Å²) in [6, 6.07) is 1.42. The Hall–Kier alpha value is -1.73. The smallest absolute Gasteiger partial charge is 0.434 e. The molecule has 0 radical (unpaired) electrons. The van der Waals surface area contributed by atoms with Gasteiger partial charge in [-0.2, -0.15) is 17.9 Å². The second-order valence-electron chi connectivity index (χ2n) is 5.95. The molecule has 1 heterocycles. The van der Waals surface area contributed by atoms with Crippen molar-refractivity contribution in [3.05, 3.63) is 12.3 Å². The Kier molecular flexibility index (Phi) is 4.67. The molecule has 0 N–H and O–H groups in total. The summed E-state index contributed by atoms with van der Waals surface area (Å²) in [5, 5.41) is 3.83. The molecule has 1 aromatic rings. The van der Waals surface area contributed by atoms with Crippen LogP contribution in [-0.2, 0) is 4.74 Å². The fraction of sp³-hybridized carbons (Fsp3) is 0.714. The van der Waals surface area contributed by atoms with Crippen molar-refractivity contribution in [2.75, 3.05) is 13.2 Å². The quantitative estimate of drug-likeness (QED) is 0.803. The van der Waals surface area contributed by atoms with Crippen LogP contribution in [0, 0.1) is 11.3 Å². The van der Waals surface area contributed by atoms with Crippen LogP contribution in [0.5, 0.6) is 5.88 Å². The highest BCUT2D eigenvalue weighted by Crippen LogP contribution is 2.59. The Balaban J connectivity index is 1.79. The summed E-state index contributed by atoms with van der Waals surface area (Å²) in [5.74, 6) is 0.312. The Morgan fingerprint density at radius 1 is 1.45 bits per heavy atom. The summed E-state index contributed by atoms with van der Waals surface area (Å²) in [6.45, 7) is 3.99. The van der Waals surface area contributed by atoms with E-state index in [9.17, 15) is 18.0 Å². The number of carbonyl (C=O) groups is 1. The Morgan fingerprint density at radius 2 is 2.14 bits per heavy atom. The van der Waals surface area contributed by atoms with Crippen LogP contribution in [0.15, 0.2) is 12.3 Å². The van der Waals surface area contributed by atoms with E-state index in [0.717, 1.165) is 4.68 Å². The van der Waals surface area contributed by atoms with Crippen molar-refractivity contribution in [2.45, 2.75) is 39.3 Å². The van der Waals surface area contributed by atoms with Crippen molar-refractivity contribution in [3.8, 4) is 5.88 Å². The van der Waals surface area contributed by atoms with Gasteiger partial charge in [-0.1, -0.05) is 13.8 Å². The first-order valence-corrected chi connectivity index (χ1v) is 7.16. The largest absolute Gasteiger partial charge is 0.477 e. The number of ether oxygens (including phenoxy) is 2. The summed E-state index contributed by atoms with van der Waals surface area (Å²) < 4.78 is 49.4. The van der Waals surface area contributed by atoms with E-state index in [0.29, 0.717) is 0 Å². The lowest BCUT2D eigenvalue weighted by molar-refractivity contribution is -0.190. The molecule has 1 aliphatic rings. The number of hydrogen-bond acceptors (Lipinski definition) is 4. The summed E-state index contributed by atoms with van der Waals surface area (Å²) in [6.07, 6.45) is -3.27. The van der Waals surface area contributed by atoms with Crippen LogP contribution in [0.2, 0.25) is 0 Å². The van der Waals surface area contributed by atoms with Crippen LogP contribution in [0.4, 0.5) is 18.0 Å². The van der Waals surface area contributed by atoms with Crippen LogP contribution >= 0.6 is 0 Å². The molecule has 0 spiro atoms. The lowest BCUT2D eigenvalue weighted by Gasteiger charge is -2.18. The minimum absolute atomic E-state index is 0.0857. The summed E-state index contributed by atoms with van der Waals surface area (Å²) in [7, 11) is 0. The van der Waals surface area contributed by atoms with Crippen LogP contribution in [0.1, 0.15) is 33.1 Å². The van der Waals surface area contributed by atoms with Gasteiger partial charge in [0.2, 0.25) is 5.88 Å². The molecule has 1 aliphatic carbocycles. The average molecular weight is 320 g/mol. The molecule has 1 saturated carbocycles. The molecule has 22 heavy (non-hydrogen) atoms. The highest BCUT2D eigenvalue weighted by molar-refractivity contribution is 5.69. The van der Waals surface area contributed by atoms with Crippen LogP contribution < -0.4 is 4.74 Å². The first-order valence-electron chi connectivity index (χ1n) is 7.16. The van der Waals surface area contributed by atoms with Gasteiger partial charge in [0, 0.05) is 12.3 Å². The number of carbonyl (C=O) groups excluding carboxylic acids is 1. The number of halogens is 3. The zero-order valence-corrected chi connectivity index (χ0v) is 12.5. The molecule has 8 heteroatoms. The minimum atomic E-state index is -4.18. The van der Waals surface area contributed by atoms with Crippen molar-refractivity contribution >= 4 is 6.09 Å². The summed E-state index contributed by atoms with van der Waals surface area (Å²) >= 11 is 0. The van der Waals surface area contributed by atoms with E-state index in [2.05, 4.69) is 5.10 Å². The standard InChI is InChI=1S/C14H19F3N2O3/c1-10(2)9-22-12(20)19-7-3-11(18-19)21-8-6-13(4-5-13)14(15,16)17/h3,7,10H,4-6,8-9H2,1-2H3. The molecular weight excluding hydrogens is 301 g/mol. The minimum Gasteiger partial charge on any atom is -0.477 e. The molecule has 1 fully saturated rings. The topological polar surface area (TPSA) is 53.4 Å². The highest BCUT2D eigenvalue weighted by Gasteiger charge is 2.62. The third kappa shape index (κ3) is 3.92. The molecule has 0 aliphatic heterocycles. The van der Waals surface area contributed by atoms with Gasteiger partial charge < -0.3 is 9.47 Å². The summed E-state index contributed by atoms with van der Waals surface area (Å²) in [4.78, 5) is 11.6. The molecule has 0 unspecified atom stereocenters. The first kappa shape index (κ1) is 16.6. The van der Waals surface area contributed by atoms with Crippen molar-refractivity contribution in [1.82, 2.24) is 9.78 Å². The second kappa shape index (κ2) is 6.18. The normalized spacial score (nSPS) is 16.6. The van der Waals surface area contributed by atoms with Gasteiger partial charge >= 0.3 is 12.3 Å². The fourth-order valence-electron chi connectivity index (χ4n) is 1.97. The third-order valence-electron chi connectivity index (χ3n) is 3.58. The second-order valence-corrected chi connectivity index (χ2v) is 5.95. The maximum atomic E-state index is 12.7. The molecule has 0 bridgehead atoms. The van der Waals surface area contributed by atoms with Crippen LogP contribution in [0.25, 0.3) is 0 Å². The maximum Gasteiger partial charge on any atom is 0.434 e. The molecule has 0 saturated heterocycles. The maximum absolute atomic E-state index is 12.7. The van der Waals surface area contributed by atoms with E-state index in [1.165, 1.54) is 12.3 Å². The zero-order valence-electron chi connectivity index (χ0n) is 12.5.